The molecule has 0 unspecified atom stereocenters. The van der Waals surface area contributed by atoms with Gasteiger partial charge in [-0.1, -0.05) is 47.7 Å². The van der Waals surface area contributed by atoms with Crippen molar-refractivity contribution < 1.29 is 14.3 Å². The summed E-state index contributed by atoms with van der Waals surface area (Å²) in [6.45, 7) is 0. The molecule has 0 atom stereocenters. The second-order valence-electron chi connectivity index (χ2n) is 6.18. The second kappa shape index (κ2) is 8.12. The van der Waals surface area contributed by atoms with Crippen LogP contribution >= 0.6 is 11.3 Å². The lowest BCUT2D eigenvalue weighted by atomic mass is 10.2. The number of methoxy groups -OCH3 is 1. The molecule has 0 saturated carbocycles. The predicted octanol–water partition coefficient (Wildman–Crippen LogP) is 4.81. The summed E-state index contributed by atoms with van der Waals surface area (Å²) in [7, 11) is 1.54. The molecule has 2 amide bonds. The maximum atomic E-state index is 12.4. The van der Waals surface area contributed by atoms with Gasteiger partial charge in [-0.2, -0.15) is 0 Å². The average Bonchev–Trinajstić information content (AvgIpc) is 3.16. The zero-order valence-electron chi connectivity index (χ0n) is 15.5. The molecule has 0 bridgehead atoms. The Labute approximate surface area is 171 Å². The van der Waals surface area contributed by atoms with Crippen LogP contribution in [0.4, 0.5) is 10.8 Å². The molecule has 1 heterocycles. The number of fused-ring (bicyclic) bond motifs is 1. The Morgan fingerprint density at radius 2 is 1.45 bits per heavy atom. The van der Waals surface area contributed by atoms with E-state index in [2.05, 4.69) is 15.6 Å². The Bertz CT molecular complexity index is 1170. The van der Waals surface area contributed by atoms with Gasteiger partial charge in [-0.05, 0) is 30.3 Å². The number of rotatable bonds is 5. The minimum Gasteiger partial charge on any atom is -0.494 e. The lowest BCUT2D eigenvalue weighted by Crippen LogP contribution is -2.11. The van der Waals surface area contributed by atoms with Gasteiger partial charge in [0.2, 0.25) is 0 Å². The van der Waals surface area contributed by atoms with Crippen molar-refractivity contribution in [3.05, 3.63) is 83.9 Å². The number of carbonyl (C=O) groups excluding carboxylic acids is 2. The third kappa shape index (κ3) is 4.09. The van der Waals surface area contributed by atoms with Gasteiger partial charge >= 0.3 is 0 Å². The smallest absolute Gasteiger partial charge is 0.257 e. The van der Waals surface area contributed by atoms with Crippen molar-refractivity contribution in [3.63, 3.8) is 0 Å². The van der Waals surface area contributed by atoms with E-state index < -0.39 is 0 Å². The van der Waals surface area contributed by atoms with Crippen molar-refractivity contribution in [2.24, 2.45) is 0 Å². The molecule has 2 N–H and O–H groups in total. The van der Waals surface area contributed by atoms with E-state index in [1.807, 2.05) is 30.3 Å². The first-order valence-corrected chi connectivity index (χ1v) is 9.67. The molecule has 0 aliphatic rings. The number of benzene rings is 3. The van der Waals surface area contributed by atoms with Crippen molar-refractivity contribution in [1.82, 2.24) is 4.98 Å². The molecular weight excluding hydrogens is 386 g/mol. The number of hydrogen-bond acceptors (Lipinski definition) is 5. The van der Waals surface area contributed by atoms with Crippen LogP contribution in [0.2, 0.25) is 0 Å². The molecule has 0 saturated heterocycles. The summed E-state index contributed by atoms with van der Waals surface area (Å²) in [5.74, 6) is 0.0673. The molecule has 6 nitrogen and oxygen atoms in total. The van der Waals surface area contributed by atoms with Gasteiger partial charge < -0.3 is 10.1 Å². The number of amides is 2. The average molecular weight is 403 g/mol. The molecule has 144 valence electrons. The van der Waals surface area contributed by atoms with Gasteiger partial charge in [-0.25, -0.2) is 4.98 Å². The summed E-state index contributed by atoms with van der Waals surface area (Å²) in [6, 6.07) is 21.4. The van der Waals surface area contributed by atoms with Gasteiger partial charge in [0.15, 0.2) is 5.13 Å². The van der Waals surface area contributed by atoms with Gasteiger partial charge in [-0.3, -0.25) is 14.9 Å². The van der Waals surface area contributed by atoms with Gasteiger partial charge in [0, 0.05) is 22.9 Å². The fourth-order valence-electron chi connectivity index (χ4n) is 2.83. The molecule has 0 aliphatic heterocycles. The summed E-state index contributed by atoms with van der Waals surface area (Å²) in [4.78, 5) is 29.3. The molecule has 3 aromatic carbocycles. The lowest BCUT2D eigenvalue weighted by molar-refractivity contribution is 0.101. The topological polar surface area (TPSA) is 80.3 Å². The number of nitrogens with zero attached hydrogens (tertiary/aromatic N) is 1. The van der Waals surface area contributed by atoms with Crippen LogP contribution < -0.4 is 15.4 Å². The van der Waals surface area contributed by atoms with Crippen LogP contribution in [-0.2, 0) is 0 Å². The predicted molar refractivity (Wildman–Crippen MR) is 115 cm³/mol. The van der Waals surface area contributed by atoms with E-state index in [0.717, 1.165) is 4.70 Å². The first-order chi connectivity index (χ1) is 14.1. The standard InChI is InChI=1S/C22H17N3O3S/c1-28-17-12-16(23-20(26)14-8-4-2-5-9-14)13-18-19(17)24-22(29-18)25-21(27)15-10-6-3-7-11-15/h2-13H,1H3,(H,23,26)(H,24,25,27). The first-order valence-electron chi connectivity index (χ1n) is 8.85. The highest BCUT2D eigenvalue weighted by Gasteiger charge is 2.15. The third-order valence-electron chi connectivity index (χ3n) is 4.23. The van der Waals surface area contributed by atoms with E-state index in [-0.39, 0.29) is 11.8 Å². The molecule has 1 aromatic heterocycles. The molecule has 4 aromatic rings. The number of anilines is 2. The largest absolute Gasteiger partial charge is 0.494 e. The van der Waals surface area contributed by atoms with Crippen LogP contribution in [-0.4, -0.2) is 23.9 Å². The fraction of sp³-hybridized carbons (Fsp3) is 0.0455. The van der Waals surface area contributed by atoms with Crippen molar-refractivity contribution in [2.45, 2.75) is 0 Å². The molecule has 7 heteroatoms. The number of aromatic nitrogens is 1. The summed E-state index contributed by atoms with van der Waals surface area (Å²) in [5, 5.41) is 6.14. The first kappa shape index (κ1) is 18.6. The number of ether oxygens (including phenoxy) is 1. The summed E-state index contributed by atoms with van der Waals surface area (Å²) in [6.07, 6.45) is 0. The quantitative estimate of drug-likeness (QED) is 0.501. The van der Waals surface area contributed by atoms with Gasteiger partial charge in [0.25, 0.3) is 11.8 Å². The Hall–Kier alpha value is -3.71. The monoisotopic (exact) mass is 403 g/mol. The molecule has 0 spiro atoms. The number of nitrogens with one attached hydrogen (secondary N) is 2. The van der Waals surface area contributed by atoms with Crippen LogP contribution in [0.1, 0.15) is 20.7 Å². The van der Waals surface area contributed by atoms with Crippen LogP contribution in [0.5, 0.6) is 5.75 Å². The Kier molecular flexibility index (Phi) is 5.22. The van der Waals surface area contributed by atoms with Crippen molar-refractivity contribution in [1.29, 1.82) is 0 Å². The minimum atomic E-state index is -0.235. The van der Waals surface area contributed by atoms with E-state index in [9.17, 15) is 9.59 Å². The zero-order valence-corrected chi connectivity index (χ0v) is 16.3. The normalized spacial score (nSPS) is 10.5. The highest BCUT2D eigenvalue weighted by Crippen LogP contribution is 2.35. The minimum absolute atomic E-state index is 0.214. The van der Waals surface area contributed by atoms with Crippen molar-refractivity contribution in [3.8, 4) is 5.75 Å². The summed E-state index contributed by atoms with van der Waals surface area (Å²) < 4.78 is 6.23. The molecule has 4 rings (SSSR count). The Balaban J connectivity index is 1.60. The highest BCUT2D eigenvalue weighted by molar-refractivity contribution is 7.22. The zero-order chi connectivity index (χ0) is 20.2. The SMILES string of the molecule is COc1cc(NC(=O)c2ccccc2)cc2sc(NC(=O)c3ccccc3)nc12. The van der Waals surface area contributed by atoms with E-state index in [1.54, 1.807) is 49.6 Å². The molecule has 0 radical (unpaired) electrons. The van der Waals surface area contributed by atoms with Crippen LogP contribution in [0.25, 0.3) is 10.2 Å². The molecular formula is C22H17N3O3S. The van der Waals surface area contributed by atoms with E-state index in [4.69, 9.17) is 4.74 Å². The number of carbonyl (C=O) groups is 2. The van der Waals surface area contributed by atoms with E-state index in [0.29, 0.717) is 33.2 Å². The summed E-state index contributed by atoms with van der Waals surface area (Å²) in [5.41, 5.74) is 2.33. The van der Waals surface area contributed by atoms with Crippen LogP contribution in [0.3, 0.4) is 0 Å². The van der Waals surface area contributed by atoms with Crippen LogP contribution in [0, 0.1) is 0 Å². The highest BCUT2D eigenvalue weighted by atomic mass is 32.1. The molecule has 29 heavy (non-hydrogen) atoms. The molecule has 0 fully saturated rings. The van der Waals surface area contributed by atoms with Gasteiger partial charge in [0.1, 0.15) is 11.3 Å². The van der Waals surface area contributed by atoms with Crippen molar-refractivity contribution in [2.75, 3.05) is 17.7 Å². The van der Waals surface area contributed by atoms with Crippen LogP contribution in [0.15, 0.2) is 72.8 Å². The second-order valence-corrected chi connectivity index (χ2v) is 7.22. The van der Waals surface area contributed by atoms with Crippen molar-refractivity contribution >= 4 is 44.2 Å². The summed E-state index contributed by atoms with van der Waals surface area (Å²) >= 11 is 1.31. The number of thiazole rings is 1. The Morgan fingerprint density at radius 1 is 0.862 bits per heavy atom. The molecule has 0 aliphatic carbocycles. The number of hydrogen-bond donors (Lipinski definition) is 2. The van der Waals surface area contributed by atoms with E-state index >= 15 is 0 Å². The third-order valence-corrected chi connectivity index (χ3v) is 5.15. The maximum absolute atomic E-state index is 12.4. The Morgan fingerprint density at radius 3 is 2.03 bits per heavy atom. The van der Waals surface area contributed by atoms with Gasteiger partial charge in [-0.15, -0.1) is 0 Å². The lowest BCUT2D eigenvalue weighted by Gasteiger charge is -2.08. The van der Waals surface area contributed by atoms with Gasteiger partial charge in [0.05, 0.1) is 11.8 Å². The fourth-order valence-corrected chi connectivity index (χ4v) is 3.75. The maximum Gasteiger partial charge on any atom is 0.257 e. The van der Waals surface area contributed by atoms with E-state index in [1.165, 1.54) is 11.3 Å².